The van der Waals surface area contributed by atoms with E-state index in [0.29, 0.717) is 46.9 Å². The lowest BCUT2D eigenvalue weighted by Crippen LogP contribution is -2.52. The first-order valence-electron chi connectivity index (χ1n) is 20.3. The number of phenols is 1. The van der Waals surface area contributed by atoms with Crippen molar-refractivity contribution < 1.29 is 29.3 Å². The fraction of sp³-hybridized carbons (Fsp3) is 0.304. The Morgan fingerprint density at radius 3 is 2.40 bits per heavy atom. The maximum absolute atomic E-state index is 13.3. The number of fused-ring (bicyclic) bond motifs is 4. The van der Waals surface area contributed by atoms with Gasteiger partial charge in [0.1, 0.15) is 24.2 Å². The molecular formula is C46H49N7O7. The first-order valence-corrected chi connectivity index (χ1v) is 20.3. The minimum atomic E-state index is -0.864. The van der Waals surface area contributed by atoms with Gasteiger partial charge in [0.15, 0.2) is 5.69 Å². The number of H-pyrrole nitrogens is 1. The highest BCUT2D eigenvalue weighted by molar-refractivity contribution is 5.92. The first kappa shape index (κ1) is 40.3. The molecule has 3 atom stereocenters. The fourth-order valence-corrected chi connectivity index (χ4v) is 8.09. The molecular weight excluding hydrogens is 763 g/mol. The number of aliphatic hydroxyl groups is 1. The number of aromatic hydroxyl groups is 1. The summed E-state index contributed by atoms with van der Waals surface area (Å²) in [7, 11) is 1.77. The summed E-state index contributed by atoms with van der Waals surface area (Å²) in [6, 6.07) is 32.5. The number of aliphatic hydroxyl groups excluding tert-OH is 1. The number of carbonyl (C=O) groups is 2. The maximum atomic E-state index is 13.3. The summed E-state index contributed by atoms with van der Waals surface area (Å²) in [5.74, 6) is 0.643. The molecule has 4 aromatic carbocycles. The number of pyridine rings is 1. The van der Waals surface area contributed by atoms with Gasteiger partial charge in [0.2, 0.25) is 5.56 Å². The largest absolute Gasteiger partial charge is 0.506 e. The summed E-state index contributed by atoms with van der Waals surface area (Å²) in [6.45, 7) is 4.15. The van der Waals surface area contributed by atoms with Crippen LogP contribution < -0.4 is 26.2 Å². The zero-order valence-electron chi connectivity index (χ0n) is 33.3. The van der Waals surface area contributed by atoms with E-state index in [1.807, 2.05) is 78.9 Å². The van der Waals surface area contributed by atoms with Crippen molar-refractivity contribution in [2.24, 2.45) is 13.0 Å². The van der Waals surface area contributed by atoms with E-state index in [1.165, 1.54) is 12.1 Å². The molecule has 3 aliphatic rings. The Bertz CT molecular complexity index is 2500. The molecule has 2 amide bonds. The van der Waals surface area contributed by atoms with Crippen LogP contribution in [0.15, 0.2) is 114 Å². The van der Waals surface area contributed by atoms with E-state index in [0.717, 1.165) is 54.7 Å². The minimum absolute atomic E-state index is 0.0562. The quantitative estimate of drug-likeness (QED) is 0.0806. The Labute approximate surface area is 347 Å². The zero-order valence-corrected chi connectivity index (χ0v) is 33.3. The molecule has 14 heteroatoms. The Kier molecular flexibility index (Phi) is 12.2. The van der Waals surface area contributed by atoms with E-state index in [4.69, 9.17) is 9.47 Å². The molecule has 14 nitrogen and oxygen atoms in total. The van der Waals surface area contributed by atoms with Crippen LogP contribution in [0.5, 0.6) is 11.5 Å². The van der Waals surface area contributed by atoms with Crippen LogP contribution in [-0.4, -0.2) is 74.2 Å². The SMILES string of the molecule is Cn1nc(C(=O)NCc2ccc(CNCC(O)c3ccc(O)c4[nH]c(=O)ccc34)cc2)cc1COc1cccc([C@@H](NC(=O)OC2CN3CCC2CC3)c2ccccc2)c1. The molecule has 2 bridgehead atoms. The van der Waals surface area contributed by atoms with Gasteiger partial charge >= 0.3 is 6.09 Å². The molecule has 0 spiro atoms. The zero-order chi connectivity index (χ0) is 41.6. The summed E-state index contributed by atoms with van der Waals surface area (Å²) in [5, 5.41) is 35.3. The van der Waals surface area contributed by atoms with Gasteiger partial charge in [-0.05, 0) is 90.0 Å². The molecule has 2 unspecified atom stereocenters. The second-order valence-electron chi connectivity index (χ2n) is 15.5. The third-order valence-corrected chi connectivity index (χ3v) is 11.4. The number of amides is 2. The number of hydrogen-bond acceptors (Lipinski definition) is 10. The number of nitrogens with zero attached hydrogens (tertiary/aromatic N) is 3. The van der Waals surface area contributed by atoms with Gasteiger partial charge in [0, 0.05) is 44.7 Å². The van der Waals surface area contributed by atoms with Gasteiger partial charge < -0.3 is 40.6 Å². The van der Waals surface area contributed by atoms with Crippen molar-refractivity contribution in [2.75, 3.05) is 26.2 Å². The number of piperidine rings is 3. The monoisotopic (exact) mass is 811 g/mol. The van der Waals surface area contributed by atoms with Gasteiger partial charge in [-0.1, -0.05) is 72.8 Å². The fourth-order valence-electron chi connectivity index (χ4n) is 8.09. The van der Waals surface area contributed by atoms with Gasteiger partial charge in [0.25, 0.3) is 5.91 Å². The maximum Gasteiger partial charge on any atom is 0.408 e. The Balaban J connectivity index is 0.822. The van der Waals surface area contributed by atoms with Crippen LogP contribution in [0.4, 0.5) is 4.79 Å². The predicted molar refractivity (Wildman–Crippen MR) is 225 cm³/mol. The van der Waals surface area contributed by atoms with Crippen molar-refractivity contribution in [2.45, 2.75) is 50.8 Å². The molecule has 6 N–H and O–H groups in total. The van der Waals surface area contributed by atoms with Crippen molar-refractivity contribution in [1.82, 2.24) is 35.6 Å². The van der Waals surface area contributed by atoms with E-state index in [9.17, 15) is 24.6 Å². The lowest BCUT2D eigenvalue weighted by atomic mass is 9.86. The number of hydrogen-bond donors (Lipinski definition) is 6. The average Bonchev–Trinajstić information content (AvgIpc) is 3.65. The minimum Gasteiger partial charge on any atom is -0.506 e. The number of phenolic OH excluding ortho intramolecular Hbond substituents is 1. The standard InChI is InChI=1S/C46H49N7O7/c1-52-34(28-59-35-9-5-8-33(22-35)43(32-6-3-2-4-7-32)50-46(58)60-41-27-53-20-18-31(41)19-21-53)23-38(51-52)45(57)48-25-30-12-10-29(11-13-30)24-47-26-40(55)36-14-16-39(54)44-37(36)15-17-42(56)49-44/h2-17,22-23,31,40-41,43,47,54-55H,18-21,24-28H2,1H3,(H,48,57)(H,49,56)(H,50,58)/t40?,41?,43-/m0/s1. The van der Waals surface area contributed by atoms with Gasteiger partial charge in [-0.2, -0.15) is 5.10 Å². The molecule has 3 fully saturated rings. The third kappa shape index (κ3) is 9.52. The molecule has 6 aromatic rings. The molecule has 3 saturated heterocycles. The highest BCUT2D eigenvalue weighted by Crippen LogP contribution is 2.31. The van der Waals surface area contributed by atoms with Crippen molar-refractivity contribution >= 4 is 22.9 Å². The second kappa shape index (κ2) is 18.2. The molecule has 5 heterocycles. The molecule has 60 heavy (non-hydrogen) atoms. The van der Waals surface area contributed by atoms with Crippen molar-refractivity contribution in [3.05, 3.63) is 159 Å². The molecule has 310 valence electrons. The topological polar surface area (TPSA) is 183 Å². The van der Waals surface area contributed by atoms with Crippen LogP contribution in [0.2, 0.25) is 0 Å². The summed E-state index contributed by atoms with van der Waals surface area (Å²) in [6.07, 6.45) is 0.717. The van der Waals surface area contributed by atoms with Crippen LogP contribution in [-0.2, 0) is 31.5 Å². The highest BCUT2D eigenvalue weighted by atomic mass is 16.6. The molecule has 2 aromatic heterocycles. The Morgan fingerprint density at radius 1 is 0.900 bits per heavy atom. The van der Waals surface area contributed by atoms with E-state index in [1.54, 1.807) is 29.9 Å². The number of alkyl carbamates (subject to hydrolysis) is 1. The molecule has 0 radical (unpaired) electrons. The van der Waals surface area contributed by atoms with Gasteiger partial charge in [0.05, 0.1) is 23.4 Å². The number of rotatable bonds is 15. The Hall–Kier alpha value is -6.48. The van der Waals surface area contributed by atoms with E-state index in [2.05, 4.69) is 30.9 Å². The van der Waals surface area contributed by atoms with Crippen molar-refractivity contribution in [1.29, 1.82) is 0 Å². The first-order chi connectivity index (χ1) is 29.2. The summed E-state index contributed by atoms with van der Waals surface area (Å²) < 4.78 is 13.8. The lowest BCUT2D eigenvalue weighted by Gasteiger charge is -2.43. The predicted octanol–water partition coefficient (Wildman–Crippen LogP) is 5.21. The number of benzene rings is 4. The summed E-state index contributed by atoms with van der Waals surface area (Å²) in [5.41, 5.74) is 5.20. The molecule has 0 saturated carbocycles. The van der Waals surface area contributed by atoms with Gasteiger partial charge in [-0.15, -0.1) is 0 Å². The summed E-state index contributed by atoms with van der Waals surface area (Å²) in [4.78, 5) is 43.1. The van der Waals surface area contributed by atoms with E-state index < -0.39 is 18.2 Å². The summed E-state index contributed by atoms with van der Waals surface area (Å²) >= 11 is 0. The normalized spacial score (nSPS) is 18.1. The molecule has 9 rings (SSSR count). The van der Waals surface area contributed by atoms with Gasteiger partial charge in [-0.3, -0.25) is 19.2 Å². The number of ether oxygens (including phenoxy) is 2. The van der Waals surface area contributed by atoms with Crippen molar-refractivity contribution in [3.63, 3.8) is 0 Å². The second-order valence-corrected chi connectivity index (χ2v) is 15.5. The molecule has 3 aliphatic heterocycles. The number of aromatic nitrogens is 3. The van der Waals surface area contributed by atoms with Gasteiger partial charge in [-0.25, -0.2) is 4.79 Å². The van der Waals surface area contributed by atoms with Crippen LogP contribution in [0, 0.1) is 5.92 Å². The smallest absolute Gasteiger partial charge is 0.408 e. The Morgan fingerprint density at radius 2 is 1.65 bits per heavy atom. The third-order valence-electron chi connectivity index (χ3n) is 11.4. The van der Waals surface area contributed by atoms with Crippen LogP contribution in [0.3, 0.4) is 0 Å². The van der Waals surface area contributed by atoms with Crippen LogP contribution >= 0.6 is 0 Å². The lowest BCUT2D eigenvalue weighted by molar-refractivity contribution is -0.0336. The van der Waals surface area contributed by atoms with E-state index >= 15 is 0 Å². The number of aryl methyl sites for hydroxylation is 1. The van der Waals surface area contributed by atoms with Crippen LogP contribution in [0.1, 0.15) is 69.0 Å². The number of aromatic amines is 1. The molecule has 0 aliphatic carbocycles. The average molecular weight is 812 g/mol. The number of nitrogens with one attached hydrogen (secondary N) is 4. The van der Waals surface area contributed by atoms with Crippen molar-refractivity contribution in [3.8, 4) is 11.5 Å². The van der Waals surface area contributed by atoms with E-state index in [-0.39, 0.29) is 42.2 Å². The van der Waals surface area contributed by atoms with Crippen LogP contribution in [0.25, 0.3) is 10.9 Å². The number of carbonyl (C=O) groups excluding carboxylic acids is 2. The highest BCUT2D eigenvalue weighted by Gasteiger charge is 2.37.